The van der Waals surface area contributed by atoms with Crippen molar-refractivity contribution in [1.29, 1.82) is 0 Å². The van der Waals surface area contributed by atoms with E-state index >= 15 is 0 Å². The zero-order chi connectivity index (χ0) is 18.5. The number of carbonyl (C=O) groups is 2. The summed E-state index contributed by atoms with van der Waals surface area (Å²) in [6.45, 7) is 0.750. The third-order valence-corrected chi connectivity index (χ3v) is 5.16. The number of halogens is 1. The zero-order valence-corrected chi connectivity index (χ0v) is 16.4. The molecule has 0 aromatic heterocycles. The zero-order valence-electron chi connectivity index (χ0n) is 14.8. The number of rotatable bonds is 6. The van der Waals surface area contributed by atoms with Crippen LogP contribution in [0.4, 0.5) is 5.69 Å². The van der Waals surface area contributed by atoms with Crippen molar-refractivity contribution in [3.63, 3.8) is 0 Å². The van der Waals surface area contributed by atoms with Crippen LogP contribution >= 0.6 is 15.9 Å². The van der Waals surface area contributed by atoms with E-state index in [0.29, 0.717) is 24.8 Å². The Bertz CT molecular complexity index is 801. The number of methoxy groups -OCH3 is 1. The highest BCUT2D eigenvalue weighted by atomic mass is 79.9. The highest BCUT2D eigenvalue weighted by Crippen LogP contribution is 2.30. The quantitative estimate of drug-likeness (QED) is 0.637. The minimum atomic E-state index is 0.0587. The van der Waals surface area contributed by atoms with Crippen molar-refractivity contribution in [2.24, 2.45) is 0 Å². The molecule has 0 N–H and O–H groups in total. The minimum absolute atomic E-state index is 0.0587. The molecule has 1 heterocycles. The maximum absolute atomic E-state index is 12.6. The van der Waals surface area contributed by atoms with Crippen LogP contribution in [0.25, 0.3) is 0 Å². The summed E-state index contributed by atoms with van der Waals surface area (Å²) in [5, 5.41) is 0. The summed E-state index contributed by atoms with van der Waals surface area (Å²) in [6, 6.07) is 13.1. The first-order valence-corrected chi connectivity index (χ1v) is 9.64. The molecule has 0 saturated carbocycles. The first kappa shape index (κ1) is 18.6. The summed E-state index contributed by atoms with van der Waals surface area (Å²) in [7, 11) is 1.60. The second-order valence-electron chi connectivity index (χ2n) is 6.43. The second-order valence-corrected chi connectivity index (χ2v) is 7.34. The topological polar surface area (TPSA) is 46.6 Å². The van der Waals surface area contributed by atoms with Gasteiger partial charge in [0, 0.05) is 35.1 Å². The average Bonchev–Trinajstić information content (AvgIpc) is 2.67. The van der Waals surface area contributed by atoms with Gasteiger partial charge in [0.25, 0.3) is 0 Å². The number of Topliss-reactive ketones (excluding diaryl/α,β-unsaturated/α-hetero) is 1. The molecule has 2 aromatic carbocycles. The van der Waals surface area contributed by atoms with Crippen LogP contribution in [0.2, 0.25) is 0 Å². The van der Waals surface area contributed by atoms with E-state index in [1.807, 2.05) is 17.0 Å². The molecule has 0 aliphatic carbocycles. The number of aryl methyl sites for hydroxylation is 1. The van der Waals surface area contributed by atoms with E-state index in [4.69, 9.17) is 4.74 Å². The van der Waals surface area contributed by atoms with Gasteiger partial charge < -0.3 is 9.64 Å². The summed E-state index contributed by atoms with van der Waals surface area (Å²) in [6.07, 6.45) is 3.29. The summed E-state index contributed by atoms with van der Waals surface area (Å²) in [4.78, 5) is 26.8. The van der Waals surface area contributed by atoms with Gasteiger partial charge in [-0.25, -0.2) is 0 Å². The van der Waals surface area contributed by atoms with Gasteiger partial charge in [-0.1, -0.05) is 15.9 Å². The SMILES string of the molecule is COc1ccc(C(=O)CCCC(=O)N2CCCc3cc(Br)ccc32)cc1. The molecule has 136 valence electrons. The highest BCUT2D eigenvalue weighted by Gasteiger charge is 2.22. The molecule has 0 unspecified atom stereocenters. The molecular weight excluding hydrogens is 394 g/mol. The van der Waals surface area contributed by atoms with Crippen molar-refractivity contribution < 1.29 is 14.3 Å². The lowest BCUT2D eigenvalue weighted by atomic mass is 10.0. The molecule has 0 saturated heterocycles. The van der Waals surface area contributed by atoms with Crippen molar-refractivity contribution in [3.05, 3.63) is 58.1 Å². The van der Waals surface area contributed by atoms with Gasteiger partial charge in [-0.2, -0.15) is 0 Å². The molecule has 5 heteroatoms. The van der Waals surface area contributed by atoms with Crippen molar-refractivity contribution in [2.75, 3.05) is 18.6 Å². The largest absolute Gasteiger partial charge is 0.497 e. The highest BCUT2D eigenvalue weighted by molar-refractivity contribution is 9.10. The number of fused-ring (bicyclic) bond motifs is 1. The lowest BCUT2D eigenvalue weighted by Gasteiger charge is -2.29. The predicted molar refractivity (Wildman–Crippen MR) is 106 cm³/mol. The van der Waals surface area contributed by atoms with Crippen LogP contribution in [0.3, 0.4) is 0 Å². The minimum Gasteiger partial charge on any atom is -0.497 e. The Labute approximate surface area is 162 Å². The Morgan fingerprint density at radius 1 is 1.12 bits per heavy atom. The third-order valence-electron chi connectivity index (χ3n) is 4.67. The number of amides is 1. The predicted octanol–water partition coefficient (Wildman–Crippen LogP) is 4.79. The van der Waals surface area contributed by atoms with Crippen molar-refractivity contribution in [1.82, 2.24) is 0 Å². The number of anilines is 1. The van der Waals surface area contributed by atoms with E-state index in [2.05, 4.69) is 22.0 Å². The molecule has 1 aliphatic heterocycles. The normalized spacial score (nSPS) is 13.2. The molecule has 0 atom stereocenters. The van der Waals surface area contributed by atoms with Crippen molar-refractivity contribution >= 4 is 33.3 Å². The first-order valence-electron chi connectivity index (χ1n) is 8.84. The summed E-state index contributed by atoms with van der Waals surface area (Å²) >= 11 is 3.49. The van der Waals surface area contributed by atoms with Crippen LogP contribution in [0.5, 0.6) is 5.75 Å². The first-order chi connectivity index (χ1) is 12.6. The summed E-state index contributed by atoms with van der Waals surface area (Å²) < 4.78 is 6.14. The fraction of sp³-hybridized carbons (Fsp3) is 0.333. The molecule has 1 amide bonds. The van der Waals surface area contributed by atoms with Gasteiger partial charge in [0.2, 0.25) is 5.91 Å². The van der Waals surface area contributed by atoms with E-state index < -0.39 is 0 Å². The Balaban J connectivity index is 1.55. The van der Waals surface area contributed by atoms with Gasteiger partial charge in [-0.15, -0.1) is 0 Å². The number of hydrogen-bond acceptors (Lipinski definition) is 3. The van der Waals surface area contributed by atoms with E-state index in [-0.39, 0.29) is 11.7 Å². The Morgan fingerprint density at radius 2 is 1.88 bits per heavy atom. The molecule has 0 fully saturated rings. The molecule has 4 nitrogen and oxygen atoms in total. The Hall–Kier alpha value is -2.14. The van der Waals surface area contributed by atoms with Crippen LogP contribution in [-0.2, 0) is 11.2 Å². The number of benzene rings is 2. The van der Waals surface area contributed by atoms with Gasteiger partial charge in [0.1, 0.15) is 5.75 Å². The van der Waals surface area contributed by atoms with Crippen molar-refractivity contribution in [2.45, 2.75) is 32.1 Å². The fourth-order valence-electron chi connectivity index (χ4n) is 3.28. The number of ketones is 1. The van der Waals surface area contributed by atoms with E-state index in [1.54, 1.807) is 31.4 Å². The van der Waals surface area contributed by atoms with Crippen LogP contribution in [0, 0.1) is 0 Å². The second kappa shape index (κ2) is 8.49. The van der Waals surface area contributed by atoms with E-state index in [0.717, 1.165) is 35.3 Å². The number of nitrogens with zero attached hydrogens (tertiary/aromatic N) is 1. The van der Waals surface area contributed by atoms with Crippen LogP contribution < -0.4 is 9.64 Å². The maximum atomic E-state index is 12.6. The van der Waals surface area contributed by atoms with Gasteiger partial charge in [-0.05, 0) is 67.3 Å². The van der Waals surface area contributed by atoms with E-state index in [1.165, 1.54) is 5.56 Å². The van der Waals surface area contributed by atoms with Gasteiger partial charge in [0.05, 0.1) is 7.11 Å². The molecule has 0 radical (unpaired) electrons. The van der Waals surface area contributed by atoms with Crippen LogP contribution in [0.1, 0.15) is 41.6 Å². The summed E-state index contributed by atoms with van der Waals surface area (Å²) in [5.74, 6) is 0.881. The monoisotopic (exact) mass is 415 g/mol. The number of carbonyl (C=O) groups excluding carboxylic acids is 2. The summed E-state index contributed by atoms with van der Waals surface area (Å²) in [5.41, 5.74) is 2.87. The molecule has 1 aliphatic rings. The maximum Gasteiger partial charge on any atom is 0.226 e. The lowest BCUT2D eigenvalue weighted by Crippen LogP contribution is -2.35. The lowest BCUT2D eigenvalue weighted by molar-refractivity contribution is -0.118. The number of ether oxygens (including phenoxy) is 1. The van der Waals surface area contributed by atoms with E-state index in [9.17, 15) is 9.59 Å². The average molecular weight is 416 g/mol. The van der Waals surface area contributed by atoms with Gasteiger partial charge in [-0.3, -0.25) is 9.59 Å². The van der Waals surface area contributed by atoms with Crippen LogP contribution in [-0.4, -0.2) is 25.3 Å². The molecular formula is C21H22BrNO3. The van der Waals surface area contributed by atoms with Crippen molar-refractivity contribution in [3.8, 4) is 5.75 Å². The van der Waals surface area contributed by atoms with Gasteiger partial charge in [0.15, 0.2) is 5.78 Å². The molecule has 0 spiro atoms. The Morgan fingerprint density at radius 3 is 2.62 bits per heavy atom. The molecule has 26 heavy (non-hydrogen) atoms. The third kappa shape index (κ3) is 4.33. The van der Waals surface area contributed by atoms with Gasteiger partial charge >= 0.3 is 0 Å². The van der Waals surface area contributed by atoms with Crippen LogP contribution in [0.15, 0.2) is 46.9 Å². The molecule has 0 bridgehead atoms. The molecule has 2 aromatic rings. The Kier molecular flexibility index (Phi) is 6.09. The smallest absolute Gasteiger partial charge is 0.226 e. The number of hydrogen-bond donors (Lipinski definition) is 0. The fourth-order valence-corrected chi connectivity index (χ4v) is 3.69. The standard InChI is InChI=1S/C21H22BrNO3/c1-26-18-10-7-15(8-11-18)20(24)5-2-6-21(25)23-13-3-4-16-14-17(22)9-12-19(16)23/h7-12,14H,2-6,13H2,1H3. The molecule has 3 rings (SSSR count).